The van der Waals surface area contributed by atoms with Crippen LogP contribution in [-0.4, -0.2) is 12.5 Å². The highest BCUT2D eigenvalue weighted by Gasteiger charge is 2.11. The van der Waals surface area contributed by atoms with E-state index in [1.807, 2.05) is 6.92 Å². The van der Waals surface area contributed by atoms with Gasteiger partial charge in [0.2, 0.25) is 0 Å². The van der Waals surface area contributed by atoms with E-state index < -0.39 is 5.91 Å². The van der Waals surface area contributed by atoms with E-state index in [-0.39, 0.29) is 6.61 Å². The Morgan fingerprint density at radius 1 is 1.40 bits per heavy atom. The van der Waals surface area contributed by atoms with Gasteiger partial charge in [-0.2, -0.15) is 0 Å². The first kappa shape index (κ1) is 12.1. The average Bonchev–Trinajstić information content (AvgIpc) is 2.18. The van der Waals surface area contributed by atoms with E-state index >= 15 is 0 Å². The molecule has 5 heteroatoms. The van der Waals surface area contributed by atoms with Gasteiger partial charge in [0, 0.05) is 5.02 Å². The number of halogens is 2. The van der Waals surface area contributed by atoms with Crippen molar-refractivity contribution in [1.29, 1.82) is 0 Å². The van der Waals surface area contributed by atoms with E-state index in [1.54, 1.807) is 13.0 Å². The summed E-state index contributed by atoms with van der Waals surface area (Å²) in [6, 6.07) is 1.68. The van der Waals surface area contributed by atoms with Crippen molar-refractivity contribution in [3.63, 3.8) is 0 Å². The third kappa shape index (κ3) is 2.76. The van der Waals surface area contributed by atoms with E-state index in [2.05, 4.69) is 0 Å². The van der Waals surface area contributed by atoms with E-state index in [9.17, 15) is 4.79 Å². The molecule has 0 aliphatic carbocycles. The lowest BCUT2D eigenvalue weighted by molar-refractivity contribution is -0.119. The Morgan fingerprint density at radius 2 is 2.00 bits per heavy atom. The Labute approximate surface area is 98.1 Å². The van der Waals surface area contributed by atoms with Crippen molar-refractivity contribution in [2.24, 2.45) is 5.73 Å². The minimum atomic E-state index is -0.545. The van der Waals surface area contributed by atoms with Crippen molar-refractivity contribution in [1.82, 2.24) is 0 Å². The van der Waals surface area contributed by atoms with Crippen LogP contribution in [0.1, 0.15) is 11.1 Å². The quantitative estimate of drug-likeness (QED) is 0.893. The fraction of sp³-hybridized carbons (Fsp3) is 0.300. The summed E-state index contributed by atoms with van der Waals surface area (Å²) in [6.45, 7) is 3.43. The van der Waals surface area contributed by atoms with Crippen molar-refractivity contribution in [2.75, 3.05) is 6.61 Å². The van der Waals surface area contributed by atoms with Gasteiger partial charge in [-0.1, -0.05) is 23.2 Å². The second-order valence-corrected chi connectivity index (χ2v) is 3.96. The van der Waals surface area contributed by atoms with E-state index in [1.165, 1.54) is 0 Å². The Kier molecular flexibility index (Phi) is 3.83. The van der Waals surface area contributed by atoms with Gasteiger partial charge in [-0.25, -0.2) is 0 Å². The van der Waals surface area contributed by atoms with Gasteiger partial charge in [-0.3, -0.25) is 4.79 Å². The van der Waals surface area contributed by atoms with E-state index in [0.717, 1.165) is 11.1 Å². The standard InChI is InChI=1S/C10H11Cl2NO2/c1-5-3-7(15-4-8(13)14)10(12)6(2)9(5)11/h3H,4H2,1-2H3,(H2,13,14). The van der Waals surface area contributed by atoms with Crippen molar-refractivity contribution >= 4 is 29.1 Å². The van der Waals surface area contributed by atoms with Gasteiger partial charge < -0.3 is 10.5 Å². The van der Waals surface area contributed by atoms with Crippen molar-refractivity contribution in [3.8, 4) is 5.75 Å². The number of amides is 1. The van der Waals surface area contributed by atoms with Gasteiger partial charge in [0.05, 0.1) is 5.02 Å². The van der Waals surface area contributed by atoms with Crippen LogP contribution in [-0.2, 0) is 4.79 Å². The molecule has 2 N–H and O–H groups in total. The Hall–Kier alpha value is -0.930. The number of nitrogens with two attached hydrogens (primary N) is 1. The number of aryl methyl sites for hydroxylation is 1. The molecule has 0 atom stereocenters. The summed E-state index contributed by atoms with van der Waals surface area (Å²) in [5.41, 5.74) is 6.54. The van der Waals surface area contributed by atoms with Crippen LogP contribution in [0.5, 0.6) is 5.75 Å². The molecule has 0 aliphatic rings. The fourth-order valence-electron chi connectivity index (χ4n) is 1.15. The molecule has 82 valence electrons. The zero-order valence-corrected chi connectivity index (χ0v) is 9.95. The second-order valence-electron chi connectivity index (χ2n) is 3.20. The lowest BCUT2D eigenvalue weighted by Crippen LogP contribution is -2.20. The number of carbonyl (C=O) groups excluding carboxylic acids is 1. The molecule has 0 aromatic heterocycles. The van der Waals surface area contributed by atoms with Crippen LogP contribution in [0.3, 0.4) is 0 Å². The maximum atomic E-state index is 10.5. The Bertz CT molecular complexity index is 405. The van der Waals surface area contributed by atoms with Crippen LogP contribution in [0.25, 0.3) is 0 Å². The minimum absolute atomic E-state index is 0.194. The van der Waals surface area contributed by atoms with Gasteiger partial charge in [0.15, 0.2) is 6.61 Å². The largest absolute Gasteiger partial charge is 0.482 e. The molecule has 3 nitrogen and oxygen atoms in total. The lowest BCUT2D eigenvalue weighted by Gasteiger charge is -2.11. The fourth-order valence-corrected chi connectivity index (χ4v) is 1.56. The summed E-state index contributed by atoms with van der Waals surface area (Å²) in [5, 5.41) is 1.01. The highest BCUT2D eigenvalue weighted by atomic mass is 35.5. The van der Waals surface area contributed by atoms with Gasteiger partial charge in [-0.15, -0.1) is 0 Å². The number of hydrogen-bond donors (Lipinski definition) is 1. The smallest absolute Gasteiger partial charge is 0.255 e. The number of ether oxygens (including phenoxy) is 1. The van der Waals surface area contributed by atoms with Crippen molar-refractivity contribution in [3.05, 3.63) is 27.2 Å². The van der Waals surface area contributed by atoms with Crippen LogP contribution < -0.4 is 10.5 Å². The number of carbonyl (C=O) groups is 1. The molecule has 15 heavy (non-hydrogen) atoms. The van der Waals surface area contributed by atoms with E-state index in [4.69, 9.17) is 33.7 Å². The summed E-state index contributed by atoms with van der Waals surface area (Å²) in [4.78, 5) is 10.5. The van der Waals surface area contributed by atoms with Crippen molar-refractivity contribution in [2.45, 2.75) is 13.8 Å². The van der Waals surface area contributed by atoms with E-state index in [0.29, 0.717) is 15.8 Å². The zero-order chi connectivity index (χ0) is 11.6. The highest BCUT2D eigenvalue weighted by Crippen LogP contribution is 2.35. The molecule has 0 radical (unpaired) electrons. The predicted octanol–water partition coefficient (Wildman–Crippen LogP) is 2.47. The second kappa shape index (κ2) is 4.73. The molecule has 0 bridgehead atoms. The molecule has 1 rings (SSSR count). The Balaban J connectivity index is 3.04. The molecule has 0 heterocycles. The topological polar surface area (TPSA) is 52.3 Å². The normalized spacial score (nSPS) is 10.1. The summed E-state index contributed by atoms with van der Waals surface area (Å²) < 4.78 is 5.15. The number of hydrogen-bond acceptors (Lipinski definition) is 2. The highest BCUT2D eigenvalue weighted by molar-refractivity contribution is 6.37. The first-order valence-electron chi connectivity index (χ1n) is 4.29. The van der Waals surface area contributed by atoms with Gasteiger partial charge in [0.1, 0.15) is 5.75 Å². The molecular weight excluding hydrogens is 237 g/mol. The first-order valence-corrected chi connectivity index (χ1v) is 5.05. The molecule has 1 amide bonds. The molecule has 1 aromatic carbocycles. The van der Waals surface area contributed by atoms with Gasteiger partial charge in [-0.05, 0) is 31.0 Å². The summed E-state index contributed by atoms with van der Waals surface area (Å²) in [6.07, 6.45) is 0. The van der Waals surface area contributed by atoms with Crippen LogP contribution >= 0.6 is 23.2 Å². The molecular formula is C10H11Cl2NO2. The molecule has 0 aliphatic heterocycles. The number of rotatable bonds is 3. The monoisotopic (exact) mass is 247 g/mol. The minimum Gasteiger partial charge on any atom is -0.482 e. The van der Waals surface area contributed by atoms with Crippen LogP contribution in [0.4, 0.5) is 0 Å². The molecule has 1 aromatic rings. The van der Waals surface area contributed by atoms with Gasteiger partial charge >= 0.3 is 0 Å². The lowest BCUT2D eigenvalue weighted by atomic mass is 10.1. The summed E-state index contributed by atoms with van der Waals surface area (Å²) in [5.74, 6) is -0.119. The predicted molar refractivity (Wildman–Crippen MR) is 60.6 cm³/mol. The third-order valence-electron chi connectivity index (χ3n) is 1.94. The van der Waals surface area contributed by atoms with Gasteiger partial charge in [0.25, 0.3) is 5.91 Å². The summed E-state index contributed by atoms with van der Waals surface area (Å²) >= 11 is 12.0. The maximum Gasteiger partial charge on any atom is 0.255 e. The Morgan fingerprint density at radius 3 is 2.53 bits per heavy atom. The molecule has 0 saturated heterocycles. The molecule has 0 unspecified atom stereocenters. The molecule has 0 saturated carbocycles. The summed E-state index contributed by atoms with van der Waals surface area (Å²) in [7, 11) is 0. The first-order chi connectivity index (χ1) is 6.93. The average molecular weight is 248 g/mol. The van der Waals surface area contributed by atoms with Crippen LogP contribution in [0, 0.1) is 13.8 Å². The SMILES string of the molecule is Cc1cc(OCC(N)=O)c(Cl)c(C)c1Cl. The van der Waals surface area contributed by atoms with Crippen LogP contribution in [0.15, 0.2) is 6.07 Å². The number of benzene rings is 1. The van der Waals surface area contributed by atoms with Crippen molar-refractivity contribution < 1.29 is 9.53 Å². The third-order valence-corrected chi connectivity index (χ3v) is 2.99. The van der Waals surface area contributed by atoms with Crippen LogP contribution in [0.2, 0.25) is 10.0 Å². The number of primary amides is 1. The zero-order valence-electron chi connectivity index (χ0n) is 8.43. The molecule has 0 fully saturated rings. The maximum absolute atomic E-state index is 10.5. The molecule has 0 spiro atoms.